The van der Waals surface area contributed by atoms with Gasteiger partial charge in [-0.3, -0.25) is 0 Å². The van der Waals surface area contributed by atoms with Gasteiger partial charge in [0, 0.05) is 10.9 Å². The van der Waals surface area contributed by atoms with Crippen LogP contribution in [0.4, 0.5) is 30.7 Å². The molecular weight excluding hydrogens is 517 g/mol. The molecule has 0 unspecified atom stereocenters. The summed E-state index contributed by atoms with van der Waals surface area (Å²) >= 11 is 0. The van der Waals surface area contributed by atoms with Crippen LogP contribution < -0.4 is 0 Å². The van der Waals surface area contributed by atoms with Gasteiger partial charge in [0.15, 0.2) is 0 Å². The highest BCUT2D eigenvalue weighted by Crippen LogP contribution is 2.32. The molecule has 4 aromatic carbocycles. The molecule has 0 spiro atoms. The number of hydrogen-bond acceptors (Lipinski definition) is 0. The van der Waals surface area contributed by atoms with Gasteiger partial charge in [-0.15, -0.1) is 0 Å². The molecule has 0 atom stereocenters. The highest BCUT2D eigenvalue weighted by Gasteiger charge is 2.33. The topological polar surface area (TPSA) is 0 Å². The average molecular weight is 547 g/mol. The van der Waals surface area contributed by atoms with Crippen LogP contribution in [0.2, 0.25) is 0 Å². The van der Waals surface area contributed by atoms with Gasteiger partial charge in [-0.2, -0.15) is 13.2 Å². The van der Waals surface area contributed by atoms with Crippen molar-refractivity contribution in [2.75, 3.05) is 0 Å². The molecule has 0 aliphatic heterocycles. The van der Waals surface area contributed by atoms with Gasteiger partial charge < -0.3 is 0 Å². The SMILES string of the molecule is CCCCCc1cc(F)c(CCc2ccc3c(F)c(CCc4ccc(C(F)(F)F)c(F)c4)ccc3c2)c(F)c1. The summed E-state index contributed by atoms with van der Waals surface area (Å²) in [6.07, 6.45) is -0.306. The quantitative estimate of drug-likeness (QED) is 0.137. The molecule has 0 saturated carbocycles. The van der Waals surface area contributed by atoms with Crippen LogP contribution in [0.15, 0.2) is 60.7 Å². The molecule has 4 aromatic rings. The molecule has 39 heavy (non-hydrogen) atoms. The third kappa shape index (κ3) is 7.00. The number of benzene rings is 4. The van der Waals surface area contributed by atoms with Crippen LogP contribution in [0.5, 0.6) is 0 Å². The van der Waals surface area contributed by atoms with Gasteiger partial charge in [0.05, 0.1) is 5.56 Å². The number of rotatable bonds is 10. The van der Waals surface area contributed by atoms with Gasteiger partial charge >= 0.3 is 6.18 Å². The van der Waals surface area contributed by atoms with E-state index in [2.05, 4.69) is 6.92 Å². The van der Waals surface area contributed by atoms with E-state index in [1.807, 2.05) is 0 Å². The molecule has 0 aliphatic carbocycles. The maximum absolute atomic E-state index is 15.2. The van der Waals surface area contributed by atoms with Crippen molar-refractivity contribution in [3.63, 3.8) is 0 Å². The lowest BCUT2D eigenvalue weighted by molar-refractivity contribution is -0.140. The molecule has 7 heteroatoms. The molecule has 0 bridgehead atoms. The largest absolute Gasteiger partial charge is 0.419 e. The molecule has 0 heterocycles. The second-order valence-electron chi connectivity index (χ2n) is 9.90. The van der Waals surface area contributed by atoms with E-state index in [9.17, 15) is 26.3 Å². The van der Waals surface area contributed by atoms with E-state index >= 15 is 4.39 Å². The van der Waals surface area contributed by atoms with E-state index < -0.39 is 35.0 Å². The van der Waals surface area contributed by atoms with E-state index in [1.54, 1.807) is 30.3 Å². The maximum atomic E-state index is 15.2. The van der Waals surface area contributed by atoms with Crippen molar-refractivity contribution in [3.8, 4) is 0 Å². The molecule has 0 fully saturated rings. The van der Waals surface area contributed by atoms with Crippen molar-refractivity contribution < 1.29 is 30.7 Å². The Bertz CT molecular complexity index is 1430. The zero-order chi connectivity index (χ0) is 28.2. The summed E-state index contributed by atoms with van der Waals surface area (Å²) in [6.45, 7) is 2.07. The Hall–Kier alpha value is -3.35. The highest BCUT2D eigenvalue weighted by molar-refractivity contribution is 5.84. The van der Waals surface area contributed by atoms with Gasteiger partial charge in [-0.1, -0.05) is 56.2 Å². The predicted molar refractivity (Wildman–Crippen MR) is 140 cm³/mol. The molecule has 0 aromatic heterocycles. The molecule has 0 aliphatic rings. The first-order valence-electron chi connectivity index (χ1n) is 13.1. The lowest BCUT2D eigenvalue weighted by atomic mass is 9.96. The lowest BCUT2D eigenvalue weighted by Crippen LogP contribution is -2.08. The minimum absolute atomic E-state index is 0.0376. The van der Waals surface area contributed by atoms with Gasteiger partial charge in [0.1, 0.15) is 23.3 Å². The Morgan fingerprint density at radius 3 is 1.90 bits per heavy atom. The van der Waals surface area contributed by atoms with Crippen LogP contribution in [0.25, 0.3) is 10.8 Å². The number of halogens is 7. The zero-order valence-corrected chi connectivity index (χ0v) is 21.6. The van der Waals surface area contributed by atoms with Gasteiger partial charge in [0.25, 0.3) is 0 Å². The van der Waals surface area contributed by atoms with E-state index in [1.165, 1.54) is 18.2 Å². The standard InChI is InChI=1S/C32H29F7/c1-2-3-4-5-22-18-28(33)26(29(34)19-22)14-8-20-7-13-25-24(16-20)12-11-23(31(25)36)10-6-21-9-15-27(30(35)17-21)32(37,38)39/h7,9,11-13,15-19H,2-6,8,10,14H2,1H3. The second-order valence-corrected chi connectivity index (χ2v) is 9.90. The first-order valence-corrected chi connectivity index (χ1v) is 13.1. The molecule has 0 radical (unpaired) electrons. The highest BCUT2D eigenvalue weighted by atomic mass is 19.4. The number of aryl methyl sites for hydroxylation is 4. The van der Waals surface area contributed by atoms with Gasteiger partial charge in [-0.05, 0) is 90.4 Å². The van der Waals surface area contributed by atoms with E-state index in [-0.39, 0.29) is 24.8 Å². The third-order valence-electron chi connectivity index (χ3n) is 7.05. The Kier molecular flexibility index (Phi) is 8.98. The third-order valence-corrected chi connectivity index (χ3v) is 7.05. The number of unbranched alkanes of at least 4 members (excludes halogenated alkanes) is 2. The van der Waals surface area contributed by atoms with Gasteiger partial charge in [0.2, 0.25) is 0 Å². The summed E-state index contributed by atoms with van der Waals surface area (Å²) in [5, 5.41) is 0.991. The summed E-state index contributed by atoms with van der Waals surface area (Å²) in [6, 6.07) is 14.0. The smallest absolute Gasteiger partial charge is 0.207 e. The van der Waals surface area contributed by atoms with E-state index in [0.717, 1.165) is 30.9 Å². The molecular formula is C32H29F7. The lowest BCUT2D eigenvalue weighted by Gasteiger charge is -2.11. The molecule has 206 valence electrons. The van der Waals surface area contributed by atoms with Crippen molar-refractivity contribution in [1.82, 2.24) is 0 Å². The molecule has 0 saturated heterocycles. The first-order chi connectivity index (χ1) is 18.6. The predicted octanol–water partition coefficient (Wildman–Crippen LogP) is 9.72. The van der Waals surface area contributed by atoms with Crippen LogP contribution in [-0.4, -0.2) is 0 Å². The summed E-state index contributed by atoms with van der Waals surface area (Å²) in [7, 11) is 0. The Morgan fingerprint density at radius 1 is 0.590 bits per heavy atom. The fourth-order valence-electron chi connectivity index (χ4n) is 4.85. The Labute approximate surface area is 223 Å². The Morgan fingerprint density at radius 2 is 1.23 bits per heavy atom. The summed E-state index contributed by atoms with van der Waals surface area (Å²) < 4.78 is 96.6. The molecule has 0 N–H and O–H groups in total. The van der Waals surface area contributed by atoms with Gasteiger partial charge in [-0.25, -0.2) is 17.6 Å². The van der Waals surface area contributed by atoms with Crippen molar-refractivity contribution in [2.45, 2.75) is 64.5 Å². The number of fused-ring (bicyclic) bond motifs is 1. The second kappa shape index (κ2) is 12.2. The molecule has 0 nitrogen and oxygen atoms in total. The van der Waals surface area contributed by atoms with Crippen molar-refractivity contribution in [2.24, 2.45) is 0 Å². The van der Waals surface area contributed by atoms with Crippen LogP contribution in [0.3, 0.4) is 0 Å². The average Bonchev–Trinajstić information content (AvgIpc) is 2.87. The zero-order valence-electron chi connectivity index (χ0n) is 21.6. The summed E-state index contributed by atoms with van der Waals surface area (Å²) in [5.74, 6) is -2.91. The fraction of sp³-hybridized carbons (Fsp3) is 0.312. The van der Waals surface area contributed by atoms with Crippen molar-refractivity contribution in [3.05, 3.63) is 117 Å². The Balaban J connectivity index is 1.43. The fourth-order valence-corrected chi connectivity index (χ4v) is 4.85. The van der Waals surface area contributed by atoms with Crippen LogP contribution in [0, 0.1) is 23.3 Å². The minimum atomic E-state index is -4.77. The molecule has 0 amide bonds. The molecule has 4 rings (SSSR count). The van der Waals surface area contributed by atoms with Crippen molar-refractivity contribution in [1.29, 1.82) is 0 Å². The summed E-state index contributed by atoms with van der Waals surface area (Å²) in [5.41, 5.74) is 0.866. The number of alkyl halides is 3. The number of hydrogen-bond donors (Lipinski definition) is 0. The first kappa shape index (κ1) is 28.7. The van der Waals surface area contributed by atoms with Crippen LogP contribution >= 0.6 is 0 Å². The van der Waals surface area contributed by atoms with Crippen LogP contribution in [0.1, 0.15) is 59.6 Å². The minimum Gasteiger partial charge on any atom is -0.207 e. The summed E-state index contributed by atoms with van der Waals surface area (Å²) in [4.78, 5) is 0. The van der Waals surface area contributed by atoms with E-state index in [0.29, 0.717) is 46.4 Å². The van der Waals surface area contributed by atoms with E-state index in [4.69, 9.17) is 0 Å². The van der Waals surface area contributed by atoms with Crippen LogP contribution in [-0.2, 0) is 38.3 Å². The van der Waals surface area contributed by atoms with Crippen molar-refractivity contribution >= 4 is 10.8 Å². The monoisotopic (exact) mass is 546 g/mol. The normalized spacial score (nSPS) is 11.9. The maximum Gasteiger partial charge on any atom is 0.419 e.